The number of nitrogens with one attached hydrogen (secondary N) is 1. The summed E-state index contributed by atoms with van der Waals surface area (Å²) in [5.74, 6) is -0.603. The van der Waals surface area contributed by atoms with Crippen molar-refractivity contribution in [2.24, 2.45) is 0 Å². The lowest BCUT2D eigenvalue weighted by atomic mass is 10.1. The number of rotatable bonds is 5. The summed E-state index contributed by atoms with van der Waals surface area (Å²) in [4.78, 5) is 27.9. The van der Waals surface area contributed by atoms with Crippen LogP contribution in [0.2, 0.25) is 0 Å². The van der Waals surface area contributed by atoms with E-state index < -0.39 is 5.82 Å². The first-order chi connectivity index (χ1) is 11.0. The molecule has 1 aromatic rings. The molecule has 1 aromatic carbocycles. The topological polar surface area (TPSA) is 52.7 Å². The zero-order valence-electron chi connectivity index (χ0n) is 13.1. The average Bonchev–Trinajstić information content (AvgIpc) is 2.55. The Morgan fingerprint density at radius 2 is 1.96 bits per heavy atom. The van der Waals surface area contributed by atoms with Crippen LogP contribution in [0.4, 0.5) is 4.39 Å². The van der Waals surface area contributed by atoms with Gasteiger partial charge in [-0.05, 0) is 40.5 Å². The molecule has 0 atom stereocenters. The Bertz CT molecular complexity index is 574. The van der Waals surface area contributed by atoms with Crippen LogP contribution in [0.25, 0.3) is 0 Å². The first-order valence-corrected chi connectivity index (χ1v) is 8.54. The molecule has 1 heterocycles. The SMILES string of the molecule is CCCNC(=O)CN1CCN(C(=O)c2cc(F)ccc2Br)CC1. The van der Waals surface area contributed by atoms with Gasteiger partial charge in [-0.2, -0.15) is 0 Å². The number of carbonyl (C=O) groups is 2. The molecule has 5 nitrogen and oxygen atoms in total. The molecule has 2 rings (SSSR count). The molecular formula is C16H21BrFN3O2. The Kier molecular flexibility index (Phi) is 6.53. The van der Waals surface area contributed by atoms with Crippen molar-refractivity contribution in [3.05, 3.63) is 34.1 Å². The van der Waals surface area contributed by atoms with E-state index in [1.165, 1.54) is 18.2 Å². The van der Waals surface area contributed by atoms with Gasteiger partial charge in [-0.3, -0.25) is 14.5 Å². The van der Waals surface area contributed by atoms with Crippen LogP contribution in [0.15, 0.2) is 22.7 Å². The highest BCUT2D eigenvalue weighted by Gasteiger charge is 2.24. The lowest BCUT2D eigenvalue weighted by Gasteiger charge is -2.34. The fraction of sp³-hybridized carbons (Fsp3) is 0.500. The molecule has 7 heteroatoms. The predicted octanol–water partition coefficient (Wildman–Crippen LogP) is 1.87. The van der Waals surface area contributed by atoms with Gasteiger partial charge in [0.15, 0.2) is 0 Å². The largest absolute Gasteiger partial charge is 0.355 e. The average molecular weight is 386 g/mol. The molecule has 0 saturated carbocycles. The lowest BCUT2D eigenvalue weighted by molar-refractivity contribution is -0.122. The minimum atomic E-state index is -0.428. The van der Waals surface area contributed by atoms with Crippen molar-refractivity contribution in [3.8, 4) is 0 Å². The quantitative estimate of drug-likeness (QED) is 0.841. The molecule has 1 fully saturated rings. The normalized spacial score (nSPS) is 15.5. The number of nitrogens with zero attached hydrogens (tertiary/aromatic N) is 2. The molecule has 0 radical (unpaired) electrons. The van der Waals surface area contributed by atoms with Crippen molar-refractivity contribution in [1.29, 1.82) is 0 Å². The van der Waals surface area contributed by atoms with Gasteiger partial charge in [0, 0.05) is 37.2 Å². The van der Waals surface area contributed by atoms with E-state index in [9.17, 15) is 14.0 Å². The van der Waals surface area contributed by atoms with Crippen molar-refractivity contribution < 1.29 is 14.0 Å². The number of benzene rings is 1. The van der Waals surface area contributed by atoms with Gasteiger partial charge in [0.05, 0.1) is 12.1 Å². The minimum absolute atomic E-state index is 0.0134. The van der Waals surface area contributed by atoms with Crippen LogP contribution in [0, 0.1) is 5.82 Å². The standard InChI is InChI=1S/C16H21BrFN3O2/c1-2-5-19-15(22)11-20-6-8-21(9-7-20)16(23)13-10-12(18)3-4-14(13)17/h3-4,10H,2,5-9,11H2,1H3,(H,19,22). The number of carbonyl (C=O) groups excluding carboxylic acids is 2. The van der Waals surface area contributed by atoms with Gasteiger partial charge in [0.2, 0.25) is 5.91 Å². The van der Waals surface area contributed by atoms with E-state index in [4.69, 9.17) is 0 Å². The van der Waals surface area contributed by atoms with Crippen LogP contribution >= 0.6 is 15.9 Å². The zero-order valence-corrected chi connectivity index (χ0v) is 14.7. The van der Waals surface area contributed by atoms with Crippen LogP contribution in [-0.2, 0) is 4.79 Å². The van der Waals surface area contributed by atoms with Crippen LogP contribution < -0.4 is 5.32 Å². The first kappa shape index (κ1) is 17.9. The maximum Gasteiger partial charge on any atom is 0.255 e. The fourth-order valence-corrected chi connectivity index (χ4v) is 2.88. The molecule has 1 saturated heterocycles. The Labute approximate surface area is 144 Å². The Morgan fingerprint density at radius 3 is 2.61 bits per heavy atom. The summed E-state index contributed by atoms with van der Waals surface area (Å²) in [5, 5.41) is 2.84. The molecule has 2 amide bonds. The first-order valence-electron chi connectivity index (χ1n) is 7.74. The van der Waals surface area contributed by atoms with Crippen molar-refractivity contribution >= 4 is 27.7 Å². The predicted molar refractivity (Wildman–Crippen MR) is 89.7 cm³/mol. The van der Waals surface area contributed by atoms with E-state index in [2.05, 4.69) is 21.2 Å². The fourth-order valence-electron chi connectivity index (χ4n) is 2.46. The number of halogens is 2. The summed E-state index contributed by atoms with van der Waals surface area (Å²) in [6, 6.07) is 4.10. The number of hydrogen-bond acceptors (Lipinski definition) is 3. The van der Waals surface area contributed by atoms with E-state index in [1.54, 1.807) is 4.90 Å². The molecule has 0 aromatic heterocycles. The molecule has 0 aliphatic carbocycles. The lowest BCUT2D eigenvalue weighted by Crippen LogP contribution is -2.51. The summed E-state index contributed by atoms with van der Waals surface area (Å²) in [5.41, 5.74) is 0.333. The Hall–Kier alpha value is -1.47. The molecule has 1 aliphatic heterocycles. The van der Waals surface area contributed by atoms with E-state index >= 15 is 0 Å². The molecule has 23 heavy (non-hydrogen) atoms. The molecule has 0 unspecified atom stereocenters. The van der Waals surface area contributed by atoms with Crippen molar-refractivity contribution in [1.82, 2.24) is 15.1 Å². The summed E-state index contributed by atoms with van der Waals surface area (Å²) >= 11 is 3.29. The van der Waals surface area contributed by atoms with E-state index in [0.717, 1.165) is 6.42 Å². The maximum atomic E-state index is 13.3. The molecule has 126 valence electrons. The molecular weight excluding hydrogens is 365 g/mol. The van der Waals surface area contributed by atoms with Crippen molar-refractivity contribution in [3.63, 3.8) is 0 Å². The second-order valence-corrected chi connectivity index (χ2v) is 6.40. The van der Waals surface area contributed by atoms with Gasteiger partial charge in [0.25, 0.3) is 5.91 Å². The van der Waals surface area contributed by atoms with Crippen LogP contribution in [0.1, 0.15) is 23.7 Å². The van der Waals surface area contributed by atoms with E-state index in [0.29, 0.717) is 49.3 Å². The van der Waals surface area contributed by atoms with Crippen molar-refractivity contribution in [2.45, 2.75) is 13.3 Å². The Morgan fingerprint density at radius 1 is 1.26 bits per heavy atom. The van der Waals surface area contributed by atoms with Gasteiger partial charge < -0.3 is 10.2 Å². The highest BCUT2D eigenvalue weighted by atomic mass is 79.9. The van der Waals surface area contributed by atoms with Crippen LogP contribution in [0.3, 0.4) is 0 Å². The third-order valence-electron chi connectivity index (χ3n) is 3.76. The third-order valence-corrected chi connectivity index (χ3v) is 4.45. The van der Waals surface area contributed by atoms with Gasteiger partial charge in [-0.1, -0.05) is 6.92 Å². The molecule has 0 bridgehead atoms. The monoisotopic (exact) mass is 385 g/mol. The molecule has 1 N–H and O–H groups in total. The minimum Gasteiger partial charge on any atom is -0.355 e. The van der Waals surface area contributed by atoms with E-state index in [-0.39, 0.29) is 11.8 Å². The summed E-state index contributed by atoms with van der Waals surface area (Å²) in [6.07, 6.45) is 0.913. The number of hydrogen-bond donors (Lipinski definition) is 1. The van der Waals surface area contributed by atoms with Gasteiger partial charge in [-0.15, -0.1) is 0 Å². The Balaban J connectivity index is 1.87. The highest BCUT2D eigenvalue weighted by Crippen LogP contribution is 2.20. The summed E-state index contributed by atoms with van der Waals surface area (Å²) < 4.78 is 13.9. The van der Waals surface area contributed by atoms with E-state index in [1.807, 2.05) is 11.8 Å². The third kappa shape index (κ3) is 5.00. The summed E-state index contributed by atoms with van der Waals surface area (Å²) in [6.45, 7) is 5.38. The second kappa shape index (κ2) is 8.40. The van der Waals surface area contributed by atoms with Gasteiger partial charge in [0.1, 0.15) is 5.82 Å². The van der Waals surface area contributed by atoms with Crippen LogP contribution in [0.5, 0.6) is 0 Å². The van der Waals surface area contributed by atoms with Crippen molar-refractivity contribution in [2.75, 3.05) is 39.3 Å². The van der Waals surface area contributed by atoms with Gasteiger partial charge in [-0.25, -0.2) is 4.39 Å². The van der Waals surface area contributed by atoms with Crippen LogP contribution in [-0.4, -0.2) is 60.9 Å². The maximum absolute atomic E-state index is 13.3. The zero-order chi connectivity index (χ0) is 16.8. The second-order valence-electron chi connectivity index (χ2n) is 5.54. The number of piperazine rings is 1. The highest BCUT2D eigenvalue weighted by molar-refractivity contribution is 9.10. The smallest absolute Gasteiger partial charge is 0.255 e. The number of amides is 2. The summed E-state index contributed by atoms with van der Waals surface area (Å²) in [7, 11) is 0. The van der Waals surface area contributed by atoms with Gasteiger partial charge >= 0.3 is 0 Å². The molecule has 0 spiro atoms. The molecule has 1 aliphatic rings.